The lowest BCUT2D eigenvalue weighted by Crippen LogP contribution is -2.45. The molecule has 0 aliphatic heterocycles. The van der Waals surface area contributed by atoms with E-state index in [0.717, 1.165) is 0 Å². The molecule has 0 bridgehead atoms. The van der Waals surface area contributed by atoms with E-state index in [2.05, 4.69) is 17.2 Å². The first-order valence-corrected chi connectivity index (χ1v) is 7.93. The highest BCUT2D eigenvalue weighted by molar-refractivity contribution is 5.86. The number of carbonyl (C=O) groups is 2. The van der Waals surface area contributed by atoms with Crippen LogP contribution in [0, 0.1) is 11.8 Å². The number of hydrogen-bond donors (Lipinski definition) is 4. The Balaban J connectivity index is 4.34. The van der Waals surface area contributed by atoms with Crippen LogP contribution in [0.25, 0.3) is 0 Å². The van der Waals surface area contributed by atoms with E-state index in [0.29, 0.717) is 19.6 Å². The van der Waals surface area contributed by atoms with Gasteiger partial charge >= 0.3 is 0 Å². The normalized spacial score (nSPS) is 13.4. The molecular weight excluding hydrogens is 300 g/mol. The van der Waals surface area contributed by atoms with Crippen LogP contribution in [0.5, 0.6) is 0 Å². The Bertz CT molecular complexity index is 360. The number of amides is 2. The topological polar surface area (TPSA) is 108 Å². The highest BCUT2D eigenvalue weighted by atomic mass is 16.5. The van der Waals surface area contributed by atoms with Gasteiger partial charge in [0.25, 0.3) is 0 Å². The molecule has 7 nitrogen and oxygen atoms in total. The molecule has 134 valence electrons. The molecule has 0 aliphatic carbocycles. The van der Waals surface area contributed by atoms with Crippen LogP contribution in [-0.4, -0.2) is 61.0 Å². The number of aliphatic hydroxyl groups is 2. The van der Waals surface area contributed by atoms with Crippen LogP contribution < -0.4 is 10.6 Å². The Morgan fingerprint density at radius 3 is 2.48 bits per heavy atom. The molecule has 0 heterocycles. The molecule has 0 rings (SSSR count). The monoisotopic (exact) mass is 330 g/mol. The van der Waals surface area contributed by atoms with Crippen molar-refractivity contribution in [1.82, 2.24) is 10.6 Å². The molecule has 2 amide bonds. The van der Waals surface area contributed by atoms with Gasteiger partial charge in [-0.15, -0.1) is 6.58 Å². The Morgan fingerprint density at radius 1 is 1.26 bits per heavy atom. The van der Waals surface area contributed by atoms with Gasteiger partial charge in [0.1, 0.15) is 0 Å². The second-order valence-corrected chi connectivity index (χ2v) is 5.65. The minimum absolute atomic E-state index is 0.0497. The quantitative estimate of drug-likeness (QED) is 0.277. The minimum Gasteiger partial charge on any atom is -0.394 e. The molecule has 0 aromatic rings. The molecule has 23 heavy (non-hydrogen) atoms. The Morgan fingerprint density at radius 2 is 1.96 bits per heavy atom. The molecule has 0 spiro atoms. The standard InChI is InChI=1S/C16H30N2O5/c1-4-5-13(16(22)18-14(11-20)12(2)3)10-15(21)17-6-8-23-9-7-19/h4,12-14,19-20H,1,5-11H2,2-3H3,(H,17,21)(H,18,22)/t13-,14-/m1/s1. The van der Waals surface area contributed by atoms with Crippen molar-refractivity contribution in [3.05, 3.63) is 12.7 Å². The lowest BCUT2D eigenvalue weighted by atomic mass is 9.97. The van der Waals surface area contributed by atoms with Crippen LogP contribution in [-0.2, 0) is 14.3 Å². The predicted molar refractivity (Wildman–Crippen MR) is 87.7 cm³/mol. The molecule has 0 aromatic heterocycles. The van der Waals surface area contributed by atoms with Gasteiger partial charge in [-0.05, 0) is 12.3 Å². The average molecular weight is 330 g/mol. The molecule has 7 heteroatoms. The SMILES string of the molecule is C=CC[C@H](CC(=O)NCCOCCO)C(=O)N[C@H](CO)C(C)C. The second-order valence-electron chi connectivity index (χ2n) is 5.65. The Hall–Kier alpha value is -1.44. The van der Waals surface area contributed by atoms with Gasteiger partial charge in [0.05, 0.1) is 38.4 Å². The first-order chi connectivity index (χ1) is 11.0. The van der Waals surface area contributed by atoms with Gasteiger partial charge in [0.15, 0.2) is 0 Å². The largest absolute Gasteiger partial charge is 0.394 e. The summed E-state index contributed by atoms with van der Waals surface area (Å²) in [6.45, 7) is 8.10. The van der Waals surface area contributed by atoms with E-state index in [1.807, 2.05) is 13.8 Å². The number of ether oxygens (including phenoxy) is 1. The highest BCUT2D eigenvalue weighted by Crippen LogP contribution is 2.11. The van der Waals surface area contributed by atoms with Gasteiger partial charge in [0, 0.05) is 13.0 Å². The third kappa shape index (κ3) is 10.0. The number of rotatable bonds is 13. The smallest absolute Gasteiger partial charge is 0.224 e. The number of nitrogens with one attached hydrogen (secondary N) is 2. The molecule has 0 aliphatic rings. The van der Waals surface area contributed by atoms with Crippen LogP contribution in [0.2, 0.25) is 0 Å². The summed E-state index contributed by atoms with van der Waals surface area (Å²) in [6.07, 6.45) is 2.04. The highest BCUT2D eigenvalue weighted by Gasteiger charge is 2.24. The fraction of sp³-hybridized carbons (Fsp3) is 0.750. The van der Waals surface area contributed by atoms with Gasteiger partial charge in [-0.1, -0.05) is 19.9 Å². The van der Waals surface area contributed by atoms with Crippen molar-refractivity contribution in [3.8, 4) is 0 Å². The van der Waals surface area contributed by atoms with Crippen molar-refractivity contribution in [2.24, 2.45) is 11.8 Å². The summed E-state index contributed by atoms with van der Waals surface area (Å²) >= 11 is 0. The third-order valence-electron chi connectivity index (χ3n) is 3.39. The van der Waals surface area contributed by atoms with Crippen LogP contribution >= 0.6 is 0 Å². The molecule has 0 aromatic carbocycles. The zero-order valence-corrected chi connectivity index (χ0v) is 14.1. The predicted octanol–water partition coefficient (Wildman–Crippen LogP) is -0.173. The summed E-state index contributed by atoms with van der Waals surface area (Å²) in [4.78, 5) is 24.1. The number of carbonyl (C=O) groups excluding carboxylic acids is 2. The van der Waals surface area contributed by atoms with Crippen molar-refractivity contribution in [2.75, 3.05) is 33.0 Å². The maximum atomic E-state index is 12.3. The Labute approximate surface area is 138 Å². The molecule has 0 saturated heterocycles. The zero-order valence-electron chi connectivity index (χ0n) is 14.1. The summed E-state index contributed by atoms with van der Waals surface area (Å²) in [5, 5.41) is 23.3. The average Bonchev–Trinajstić information content (AvgIpc) is 2.51. The van der Waals surface area contributed by atoms with E-state index in [1.54, 1.807) is 6.08 Å². The van der Waals surface area contributed by atoms with E-state index in [4.69, 9.17) is 9.84 Å². The lowest BCUT2D eigenvalue weighted by Gasteiger charge is -2.23. The fourth-order valence-electron chi connectivity index (χ4n) is 1.93. The molecule has 0 radical (unpaired) electrons. The van der Waals surface area contributed by atoms with Crippen molar-refractivity contribution >= 4 is 11.8 Å². The Kier molecular flexibility index (Phi) is 12.2. The van der Waals surface area contributed by atoms with Gasteiger partial charge in [-0.25, -0.2) is 0 Å². The van der Waals surface area contributed by atoms with Crippen LogP contribution in [0.15, 0.2) is 12.7 Å². The summed E-state index contributed by atoms with van der Waals surface area (Å²) in [5.74, 6) is -0.918. The molecule has 0 fully saturated rings. The maximum Gasteiger partial charge on any atom is 0.224 e. The minimum atomic E-state index is -0.515. The fourth-order valence-corrected chi connectivity index (χ4v) is 1.93. The first-order valence-electron chi connectivity index (χ1n) is 7.93. The van der Waals surface area contributed by atoms with E-state index in [-0.39, 0.29) is 50.0 Å². The number of allylic oxidation sites excluding steroid dienone is 1. The number of hydrogen-bond acceptors (Lipinski definition) is 5. The van der Waals surface area contributed by atoms with E-state index >= 15 is 0 Å². The van der Waals surface area contributed by atoms with Crippen molar-refractivity contribution < 1.29 is 24.5 Å². The van der Waals surface area contributed by atoms with E-state index < -0.39 is 5.92 Å². The summed E-state index contributed by atoms with van der Waals surface area (Å²) in [7, 11) is 0. The van der Waals surface area contributed by atoms with Gasteiger partial charge in [0.2, 0.25) is 11.8 Å². The van der Waals surface area contributed by atoms with Gasteiger partial charge < -0.3 is 25.6 Å². The summed E-state index contributed by atoms with van der Waals surface area (Å²) in [6, 6.07) is -0.329. The molecule has 4 N–H and O–H groups in total. The molecular formula is C16H30N2O5. The molecule has 2 atom stereocenters. The third-order valence-corrected chi connectivity index (χ3v) is 3.39. The van der Waals surface area contributed by atoms with Gasteiger partial charge in [-0.2, -0.15) is 0 Å². The molecule has 0 saturated carbocycles. The summed E-state index contributed by atoms with van der Waals surface area (Å²) in [5.41, 5.74) is 0. The molecule has 0 unspecified atom stereocenters. The van der Waals surface area contributed by atoms with Crippen molar-refractivity contribution in [2.45, 2.75) is 32.7 Å². The maximum absolute atomic E-state index is 12.3. The van der Waals surface area contributed by atoms with E-state index in [9.17, 15) is 14.7 Å². The summed E-state index contributed by atoms with van der Waals surface area (Å²) < 4.78 is 5.04. The second kappa shape index (κ2) is 13.0. The first kappa shape index (κ1) is 21.6. The van der Waals surface area contributed by atoms with Crippen LogP contribution in [0.1, 0.15) is 26.7 Å². The zero-order chi connectivity index (χ0) is 17.7. The van der Waals surface area contributed by atoms with Gasteiger partial charge in [-0.3, -0.25) is 9.59 Å². The van der Waals surface area contributed by atoms with Crippen LogP contribution in [0.3, 0.4) is 0 Å². The van der Waals surface area contributed by atoms with E-state index in [1.165, 1.54) is 0 Å². The lowest BCUT2D eigenvalue weighted by molar-refractivity contribution is -0.131. The van der Waals surface area contributed by atoms with Crippen LogP contribution in [0.4, 0.5) is 0 Å². The van der Waals surface area contributed by atoms with Crippen molar-refractivity contribution in [3.63, 3.8) is 0 Å². The number of aliphatic hydroxyl groups excluding tert-OH is 2. The van der Waals surface area contributed by atoms with Crippen molar-refractivity contribution in [1.29, 1.82) is 0 Å².